The number of methoxy groups -OCH3 is 1. The van der Waals surface area contributed by atoms with Gasteiger partial charge in [0.2, 0.25) is 0 Å². The molecule has 0 aliphatic heterocycles. The molecule has 1 N–H and O–H groups in total. The highest BCUT2D eigenvalue weighted by Gasteiger charge is 2.14. The molecular weight excluding hydrogens is 280 g/mol. The molecule has 0 radical (unpaired) electrons. The number of hydrogen-bond donors (Lipinski definition) is 1. The molecule has 0 saturated heterocycles. The summed E-state index contributed by atoms with van der Waals surface area (Å²) < 4.78 is 10.5. The molecule has 0 aliphatic carbocycles. The Morgan fingerprint density at radius 1 is 1.27 bits per heavy atom. The maximum absolute atomic E-state index is 12.3. The van der Waals surface area contributed by atoms with Gasteiger partial charge in [-0.3, -0.25) is 4.79 Å². The van der Waals surface area contributed by atoms with E-state index in [1.54, 1.807) is 25.5 Å². The third-order valence-electron chi connectivity index (χ3n) is 3.45. The molecule has 0 spiro atoms. The third-order valence-corrected chi connectivity index (χ3v) is 3.45. The molecule has 2 aromatic heterocycles. The Hall–Kier alpha value is -2.82. The summed E-state index contributed by atoms with van der Waals surface area (Å²) in [5.74, 6) is 1.23. The van der Waals surface area contributed by atoms with E-state index < -0.39 is 0 Å². The van der Waals surface area contributed by atoms with Crippen LogP contribution in [-0.2, 0) is 0 Å². The van der Waals surface area contributed by atoms with Crippen LogP contribution in [0.2, 0.25) is 0 Å². The van der Waals surface area contributed by atoms with Crippen molar-refractivity contribution in [1.82, 2.24) is 10.3 Å². The number of aromatic nitrogens is 1. The zero-order valence-corrected chi connectivity index (χ0v) is 12.4. The first-order valence-electron chi connectivity index (χ1n) is 6.96. The summed E-state index contributed by atoms with van der Waals surface area (Å²) in [6.07, 6.45) is 1.58. The van der Waals surface area contributed by atoms with Crippen molar-refractivity contribution >= 4 is 16.8 Å². The van der Waals surface area contributed by atoms with Crippen LogP contribution in [-0.4, -0.2) is 18.0 Å². The van der Waals surface area contributed by atoms with Gasteiger partial charge >= 0.3 is 0 Å². The summed E-state index contributed by atoms with van der Waals surface area (Å²) in [5.41, 5.74) is 1.12. The van der Waals surface area contributed by atoms with Gasteiger partial charge in [0, 0.05) is 5.39 Å². The van der Waals surface area contributed by atoms with E-state index in [1.807, 2.05) is 37.3 Å². The Bertz CT molecular complexity index is 797. The fourth-order valence-corrected chi connectivity index (χ4v) is 2.24. The van der Waals surface area contributed by atoms with Crippen LogP contribution in [0.5, 0.6) is 5.75 Å². The number of fused-ring (bicyclic) bond motifs is 1. The van der Waals surface area contributed by atoms with Gasteiger partial charge < -0.3 is 14.5 Å². The van der Waals surface area contributed by atoms with Gasteiger partial charge in [0.15, 0.2) is 0 Å². The lowest BCUT2D eigenvalue weighted by atomic mass is 10.2. The van der Waals surface area contributed by atoms with Crippen molar-refractivity contribution in [2.75, 3.05) is 7.11 Å². The summed E-state index contributed by atoms with van der Waals surface area (Å²) in [7, 11) is 1.62. The fourth-order valence-electron chi connectivity index (χ4n) is 2.24. The van der Waals surface area contributed by atoms with Gasteiger partial charge in [0.05, 0.1) is 24.9 Å². The van der Waals surface area contributed by atoms with Gasteiger partial charge in [-0.15, -0.1) is 0 Å². The molecule has 0 aliphatic rings. The normalized spacial score (nSPS) is 12.1. The summed E-state index contributed by atoms with van der Waals surface area (Å²) >= 11 is 0. The lowest BCUT2D eigenvalue weighted by Crippen LogP contribution is -2.27. The Labute approximate surface area is 127 Å². The second-order valence-electron chi connectivity index (χ2n) is 4.97. The number of nitrogens with zero attached hydrogens (tertiary/aromatic N) is 1. The molecule has 5 nitrogen and oxygen atoms in total. The van der Waals surface area contributed by atoms with Crippen LogP contribution in [0.3, 0.4) is 0 Å². The zero-order valence-electron chi connectivity index (χ0n) is 12.4. The number of benzene rings is 1. The van der Waals surface area contributed by atoms with E-state index in [0.717, 1.165) is 16.7 Å². The van der Waals surface area contributed by atoms with Crippen molar-refractivity contribution in [2.24, 2.45) is 0 Å². The number of rotatable bonds is 4. The Balaban J connectivity index is 1.82. The first-order chi connectivity index (χ1) is 10.7. The number of carbonyl (C=O) groups is 1. The lowest BCUT2D eigenvalue weighted by molar-refractivity contribution is 0.0930. The maximum Gasteiger partial charge on any atom is 0.270 e. The van der Waals surface area contributed by atoms with Gasteiger partial charge in [-0.1, -0.05) is 6.07 Å². The number of ether oxygens (including phenoxy) is 1. The quantitative estimate of drug-likeness (QED) is 0.802. The standard InChI is InChI=1S/C17H16N2O3/c1-11(16-4-3-9-22-16)18-17(20)15-7-5-12-10-13(21-2)6-8-14(12)19-15/h3-11H,1-2H3,(H,18,20). The molecule has 0 bridgehead atoms. The average Bonchev–Trinajstić information content (AvgIpc) is 3.08. The lowest BCUT2D eigenvalue weighted by Gasteiger charge is -2.11. The average molecular weight is 296 g/mol. The largest absolute Gasteiger partial charge is 0.497 e. The van der Waals surface area contributed by atoms with E-state index in [-0.39, 0.29) is 11.9 Å². The molecule has 0 saturated carbocycles. The highest BCUT2D eigenvalue weighted by Crippen LogP contribution is 2.20. The molecule has 3 rings (SSSR count). The van der Waals surface area contributed by atoms with Crippen LogP contribution in [0.15, 0.2) is 53.1 Å². The minimum atomic E-state index is -0.235. The van der Waals surface area contributed by atoms with Gasteiger partial charge in [-0.2, -0.15) is 0 Å². The smallest absolute Gasteiger partial charge is 0.270 e. The molecule has 2 heterocycles. The topological polar surface area (TPSA) is 64.4 Å². The second-order valence-corrected chi connectivity index (χ2v) is 4.97. The van der Waals surface area contributed by atoms with Crippen LogP contribution in [0, 0.1) is 0 Å². The highest BCUT2D eigenvalue weighted by atomic mass is 16.5. The van der Waals surface area contributed by atoms with E-state index >= 15 is 0 Å². The van der Waals surface area contributed by atoms with Crippen molar-refractivity contribution in [2.45, 2.75) is 13.0 Å². The Morgan fingerprint density at radius 3 is 2.86 bits per heavy atom. The first-order valence-corrected chi connectivity index (χ1v) is 6.96. The molecule has 112 valence electrons. The third kappa shape index (κ3) is 2.79. The predicted molar refractivity (Wildman–Crippen MR) is 82.9 cm³/mol. The second kappa shape index (κ2) is 5.89. The van der Waals surface area contributed by atoms with Crippen LogP contribution < -0.4 is 10.1 Å². The molecule has 1 amide bonds. The van der Waals surface area contributed by atoms with Crippen molar-refractivity contribution < 1.29 is 13.9 Å². The molecule has 5 heteroatoms. The molecule has 22 heavy (non-hydrogen) atoms. The minimum Gasteiger partial charge on any atom is -0.497 e. The van der Waals surface area contributed by atoms with E-state index in [2.05, 4.69) is 10.3 Å². The van der Waals surface area contributed by atoms with Gasteiger partial charge in [-0.05, 0) is 43.3 Å². The molecule has 1 aromatic carbocycles. The van der Waals surface area contributed by atoms with Gasteiger partial charge in [-0.25, -0.2) is 4.98 Å². The SMILES string of the molecule is COc1ccc2nc(C(=O)NC(C)c3ccco3)ccc2c1. The van der Waals surface area contributed by atoms with Crippen molar-refractivity contribution in [3.05, 3.63) is 60.2 Å². The van der Waals surface area contributed by atoms with E-state index in [4.69, 9.17) is 9.15 Å². The monoisotopic (exact) mass is 296 g/mol. The molecular formula is C17H16N2O3. The number of carbonyl (C=O) groups excluding carboxylic acids is 1. The number of pyridine rings is 1. The predicted octanol–water partition coefficient (Wildman–Crippen LogP) is 3.33. The molecule has 3 aromatic rings. The van der Waals surface area contributed by atoms with Gasteiger partial charge in [0.25, 0.3) is 5.91 Å². The summed E-state index contributed by atoms with van der Waals surface area (Å²) in [6.45, 7) is 1.86. The number of hydrogen-bond acceptors (Lipinski definition) is 4. The van der Waals surface area contributed by atoms with E-state index in [1.165, 1.54) is 0 Å². The van der Waals surface area contributed by atoms with Crippen LogP contribution >= 0.6 is 0 Å². The number of amides is 1. The van der Waals surface area contributed by atoms with Gasteiger partial charge in [0.1, 0.15) is 17.2 Å². The summed E-state index contributed by atoms with van der Waals surface area (Å²) in [6, 6.07) is 12.5. The zero-order chi connectivity index (χ0) is 15.5. The molecule has 0 fully saturated rings. The summed E-state index contributed by atoms with van der Waals surface area (Å²) in [5, 5.41) is 3.79. The van der Waals surface area contributed by atoms with Crippen molar-refractivity contribution in [3.63, 3.8) is 0 Å². The fraction of sp³-hybridized carbons (Fsp3) is 0.176. The van der Waals surface area contributed by atoms with Crippen molar-refractivity contribution in [3.8, 4) is 5.75 Å². The number of nitrogens with one attached hydrogen (secondary N) is 1. The first kappa shape index (κ1) is 14.1. The number of furan rings is 1. The summed E-state index contributed by atoms with van der Waals surface area (Å²) in [4.78, 5) is 16.7. The Kier molecular flexibility index (Phi) is 3.78. The van der Waals surface area contributed by atoms with Crippen LogP contribution in [0.4, 0.5) is 0 Å². The van der Waals surface area contributed by atoms with Crippen molar-refractivity contribution in [1.29, 1.82) is 0 Å². The van der Waals surface area contributed by atoms with Crippen LogP contribution in [0.1, 0.15) is 29.2 Å². The van der Waals surface area contributed by atoms with Crippen LogP contribution in [0.25, 0.3) is 10.9 Å². The van der Waals surface area contributed by atoms with E-state index in [9.17, 15) is 4.79 Å². The Morgan fingerprint density at radius 2 is 2.14 bits per heavy atom. The maximum atomic E-state index is 12.3. The minimum absolute atomic E-state index is 0.212. The molecule has 1 atom stereocenters. The molecule has 1 unspecified atom stereocenters. The highest BCUT2D eigenvalue weighted by molar-refractivity contribution is 5.95. The van der Waals surface area contributed by atoms with E-state index in [0.29, 0.717) is 11.5 Å².